The van der Waals surface area contributed by atoms with Crippen molar-refractivity contribution in [2.24, 2.45) is 0 Å². The van der Waals surface area contributed by atoms with Gasteiger partial charge in [0, 0.05) is 0 Å². The van der Waals surface area contributed by atoms with Crippen molar-refractivity contribution >= 4 is 12.6 Å². The summed E-state index contributed by atoms with van der Waals surface area (Å²) in [6.07, 6.45) is 1.11. The van der Waals surface area contributed by atoms with E-state index < -0.39 is 0 Å². The molecule has 0 atom stereocenters. The van der Waals surface area contributed by atoms with Gasteiger partial charge in [0.05, 0.1) is 11.1 Å². The predicted molar refractivity (Wildman–Crippen MR) is 57.6 cm³/mol. The van der Waals surface area contributed by atoms with Gasteiger partial charge in [0.25, 0.3) is 0 Å². The van der Waals surface area contributed by atoms with Crippen LogP contribution in [-0.4, -0.2) is 17.7 Å². The monoisotopic (exact) mass is 206 g/mol. The first kappa shape index (κ1) is 11.4. The Balaban J connectivity index is 3.46. The van der Waals surface area contributed by atoms with Gasteiger partial charge in [0.1, 0.15) is 5.75 Å². The fourth-order valence-electron chi connectivity index (χ4n) is 1.29. The molecule has 0 aliphatic rings. The third-order valence-electron chi connectivity index (χ3n) is 2.29. The SMILES string of the molecule is CC(C)(C)c1cc(C=O)c(O)c(C=O)c1. The molecule has 3 heteroatoms. The van der Waals surface area contributed by atoms with Crippen LogP contribution in [0.4, 0.5) is 0 Å². The van der Waals surface area contributed by atoms with Gasteiger partial charge in [-0.2, -0.15) is 0 Å². The van der Waals surface area contributed by atoms with Crippen molar-refractivity contribution in [1.82, 2.24) is 0 Å². The van der Waals surface area contributed by atoms with Crippen molar-refractivity contribution in [3.05, 3.63) is 28.8 Å². The number of rotatable bonds is 2. The summed E-state index contributed by atoms with van der Waals surface area (Å²) in [5, 5.41) is 9.52. The minimum absolute atomic E-state index is 0.157. The van der Waals surface area contributed by atoms with E-state index in [9.17, 15) is 14.7 Å². The molecule has 0 saturated heterocycles. The van der Waals surface area contributed by atoms with E-state index in [4.69, 9.17) is 0 Å². The van der Waals surface area contributed by atoms with Crippen LogP contribution in [0.2, 0.25) is 0 Å². The van der Waals surface area contributed by atoms with Crippen LogP contribution in [0.15, 0.2) is 12.1 Å². The highest BCUT2D eigenvalue weighted by Gasteiger charge is 2.18. The zero-order valence-electron chi connectivity index (χ0n) is 9.07. The lowest BCUT2D eigenvalue weighted by Crippen LogP contribution is -2.12. The first-order valence-corrected chi connectivity index (χ1v) is 4.68. The predicted octanol–water partition coefficient (Wildman–Crippen LogP) is 2.31. The van der Waals surface area contributed by atoms with E-state index in [2.05, 4.69) is 0 Å². The maximum absolute atomic E-state index is 10.7. The molecule has 0 unspecified atom stereocenters. The smallest absolute Gasteiger partial charge is 0.153 e. The lowest BCUT2D eigenvalue weighted by Gasteiger charge is -2.20. The number of hydrogen-bond acceptors (Lipinski definition) is 3. The number of phenols is 1. The van der Waals surface area contributed by atoms with Gasteiger partial charge in [-0.1, -0.05) is 20.8 Å². The summed E-state index contributed by atoms with van der Waals surface area (Å²) in [5.74, 6) is -0.243. The Labute approximate surface area is 88.7 Å². The molecule has 0 amide bonds. The molecule has 3 nitrogen and oxygen atoms in total. The fraction of sp³-hybridized carbons (Fsp3) is 0.333. The maximum Gasteiger partial charge on any atom is 0.153 e. The highest BCUT2D eigenvalue weighted by Crippen LogP contribution is 2.29. The third-order valence-corrected chi connectivity index (χ3v) is 2.29. The summed E-state index contributed by atoms with van der Waals surface area (Å²) in [4.78, 5) is 21.4. The van der Waals surface area contributed by atoms with E-state index in [1.807, 2.05) is 20.8 Å². The summed E-state index contributed by atoms with van der Waals surface area (Å²) in [5.41, 5.74) is 1.00. The lowest BCUT2D eigenvalue weighted by atomic mass is 9.85. The van der Waals surface area contributed by atoms with Crippen LogP contribution in [0.25, 0.3) is 0 Å². The minimum atomic E-state index is -0.243. The van der Waals surface area contributed by atoms with Crippen molar-refractivity contribution in [3.8, 4) is 5.75 Å². The number of carbonyl (C=O) groups is 2. The number of aromatic hydroxyl groups is 1. The average molecular weight is 206 g/mol. The quantitative estimate of drug-likeness (QED) is 0.755. The molecule has 1 N–H and O–H groups in total. The van der Waals surface area contributed by atoms with Crippen LogP contribution in [0.3, 0.4) is 0 Å². The van der Waals surface area contributed by atoms with E-state index in [-0.39, 0.29) is 22.3 Å². The van der Waals surface area contributed by atoms with Crippen molar-refractivity contribution in [2.75, 3.05) is 0 Å². The van der Waals surface area contributed by atoms with Gasteiger partial charge in [0.2, 0.25) is 0 Å². The van der Waals surface area contributed by atoms with E-state index in [0.717, 1.165) is 5.56 Å². The second-order valence-corrected chi connectivity index (χ2v) is 4.49. The van der Waals surface area contributed by atoms with Gasteiger partial charge in [0.15, 0.2) is 12.6 Å². The van der Waals surface area contributed by atoms with Gasteiger partial charge < -0.3 is 5.11 Å². The molecule has 15 heavy (non-hydrogen) atoms. The van der Waals surface area contributed by atoms with Crippen LogP contribution < -0.4 is 0 Å². The summed E-state index contributed by atoms with van der Waals surface area (Å²) in [7, 11) is 0. The van der Waals surface area contributed by atoms with E-state index in [0.29, 0.717) is 12.6 Å². The van der Waals surface area contributed by atoms with Crippen LogP contribution in [0.5, 0.6) is 5.75 Å². The second-order valence-electron chi connectivity index (χ2n) is 4.49. The van der Waals surface area contributed by atoms with Crippen molar-refractivity contribution in [2.45, 2.75) is 26.2 Å². The molecule has 0 radical (unpaired) electrons. The van der Waals surface area contributed by atoms with Gasteiger partial charge in [-0.3, -0.25) is 9.59 Å². The molecule has 1 aromatic carbocycles. The fourth-order valence-corrected chi connectivity index (χ4v) is 1.29. The van der Waals surface area contributed by atoms with Crippen LogP contribution in [0, 0.1) is 0 Å². The zero-order valence-corrected chi connectivity index (χ0v) is 9.07. The normalized spacial score (nSPS) is 11.1. The average Bonchev–Trinajstić information content (AvgIpc) is 2.16. The zero-order chi connectivity index (χ0) is 11.6. The maximum atomic E-state index is 10.7. The molecule has 0 saturated carbocycles. The highest BCUT2D eigenvalue weighted by molar-refractivity contribution is 5.88. The second kappa shape index (κ2) is 3.85. The Hall–Kier alpha value is -1.64. The summed E-state index contributed by atoms with van der Waals surface area (Å²) in [6.45, 7) is 5.92. The van der Waals surface area contributed by atoms with Crippen molar-refractivity contribution in [1.29, 1.82) is 0 Å². The molecule has 0 bridgehead atoms. The summed E-state index contributed by atoms with van der Waals surface area (Å²) >= 11 is 0. The number of aldehydes is 2. The molecule has 0 aromatic heterocycles. The molecule has 0 aliphatic carbocycles. The highest BCUT2D eigenvalue weighted by atomic mass is 16.3. The number of carbonyl (C=O) groups excluding carboxylic acids is 2. The Morgan fingerprint density at radius 3 is 1.73 bits per heavy atom. The van der Waals surface area contributed by atoms with Crippen molar-refractivity contribution in [3.63, 3.8) is 0 Å². The molecular formula is C12H14O3. The van der Waals surface area contributed by atoms with Crippen molar-refractivity contribution < 1.29 is 14.7 Å². The lowest BCUT2D eigenvalue weighted by molar-refractivity contribution is 0.112. The van der Waals surface area contributed by atoms with Crippen LogP contribution in [0.1, 0.15) is 47.1 Å². The molecule has 1 rings (SSSR count). The molecule has 0 aliphatic heterocycles. The minimum Gasteiger partial charge on any atom is -0.506 e. The Kier molecular flexibility index (Phi) is 2.93. The molecule has 1 aromatic rings. The first-order valence-electron chi connectivity index (χ1n) is 4.68. The molecule has 0 spiro atoms. The number of hydrogen-bond donors (Lipinski definition) is 1. The standard InChI is InChI=1S/C12H14O3/c1-12(2,3)10-4-8(6-13)11(15)9(5-10)7-14/h4-7,15H,1-3H3. The third kappa shape index (κ3) is 2.24. The summed E-state index contributed by atoms with van der Waals surface area (Å²) < 4.78 is 0. The molecule has 0 fully saturated rings. The summed E-state index contributed by atoms with van der Waals surface area (Å²) in [6, 6.07) is 3.21. The van der Waals surface area contributed by atoms with Crippen LogP contribution >= 0.6 is 0 Å². The number of benzene rings is 1. The largest absolute Gasteiger partial charge is 0.506 e. The Bertz CT molecular complexity index is 371. The van der Waals surface area contributed by atoms with Gasteiger partial charge in [-0.25, -0.2) is 0 Å². The molecular weight excluding hydrogens is 192 g/mol. The molecule has 80 valence electrons. The van der Waals surface area contributed by atoms with Gasteiger partial charge in [-0.05, 0) is 23.1 Å². The number of phenolic OH excluding ortho intramolecular Hbond substituents is 1. The van der Waals surface area contributed by atoms with E-state index in [1.54, 1.807) is 12.1 Å². The van der Waals surface area contributed by atoms with E-state index >= 15 is 0 Å². The van der Waals surface area contributed by atoms with E-state index in [1.165, 1.54) is 0 Å². The topological polar surface area (TPSA) is 54.4 Å². The van der Waals surface area contributed by atoms with Crippen LogP contribution in [-0.2, 0) is 5.41 Å². The first-order chi connectivity index (χ1) is 6.90. The van der Waals surface area contributed by atoms with Gasteiger partial charge >= 0.3 is 0 Å². The Morgan fingerprint density at radius 2 is 1.47 bits per heavy atom. The van der Waals surface area contributed by atoms with Gasteiger partial charge in [-0.15, -0.1) is 0 Å². The Morgan fingerprint density at radius 1 is 1.07 bits per heavy atom. The molecule has 0 heterocycles.